The van der Waals surface area contributed by atoms with Gasteiger partial charge in [0.15, 0.2) is 0 Å². The van der Waals surface area contributed by atoms with E-state index >= 15 is 0 Å². The minimum Gasteiger partial charge on any atom is -0.744 e. The molecule has 144 valence electrons. The summed E-state index contributed by atoms with van der Waals surface area (Å²) < 4.78 is 36.0. The van der Waals surface area contributed by atoms with Gasteiger partial charge in [0, 0.05) is 0 Å². The Kier molecular flexibility index (Phi) is 11.9. The van der Waals surface area contributed by atoms with E-state index in [2.05, 4.69) is 13.8 Å². The normalized spacial score (nSPS) is 11.5. The number of benzene rings is 2. The first-order chi connectivity index (χ1) is 12.5. The van der Waals surface area contributed by atoms with Gasteiger partial charge in [-0.1, -0.05) is 82.7 Å². The van der Waals surface area contributed by atoms with Gasteiger partial charge in [-0.2, -0.15) is 0 Å². The Hall–Kier alpha value is 0.246. The van der Waals surface area contributed by atoms with Gasteiger partial charge in [-0.05, 0) is 47.6 Å². The van der Waals surface area contributed by atoms with Crippen LogP contribution in [-0.4, -0.2) is 13.0 Å². The van der Waals surface area contributed by atoms with Crippen molar-refractivity contribution in [3.8, 4) is 0 Å². The van der Waals surface area contributed by atoms with Crippen molar-refractivity contribution in [1.29, 1.82) is 0 Å². The first-order valence-electron chi connectivity index (χ1n) is 9.98. The molecule has 2 rings (SSSR count). The maximum atomic E-state index is 12.0. The minimum atomic E-state index is -4.50. The van der Waals surface area contributed by atoms with Crippen molar-refractivity contribution in [2.24, 2.45) is 0 Å². The van der Waals surface area contributed by atoms with Gasteiger partial charge in [-0.3, -0.25) is 0 Å². The quantitative estimate of drug-likeness (QED) is 0.323. The second-order valence-electron chi connectivity index (χ2n) is 7.14. The smallest absolute Gasteiger partial charge is 0.744 e. The van der Waals surface area contributed by atoms with Gasteiger partial charge < -0.3 is 4.55 Å². The molecule has 0 aliphatic rings. The molecule has 0 N–H and O–H groups in total. The second kappa shape index (κ2) is 12.7. The Labute approximate surface area is 207 Å². The van der Waals surface area contributed by atoms with Gasteiger partial charge in [-0.25, -0.2) is 8.42 Å². The van der Waals surface area contributed by atoms with Gasteiger partial charge in [-0.15, -0.1) is 0 Å². The first-order valence-corrected chi connectivity index (χ1v) is 11.4. The fourth-order valence-corrected chi connectivity index (χ4v) is 4.59. The SMILES string of the molecule is CCCCCCc1cc(CCCCCC)c2ccccc2c1S(=O)(=O)[O-].[K+]. The van der Waals surface area contributed by atoms with E-state index in [1.54, 1.807) is 6.07 Å². The zero-order chi connectivity index (χ0) is 19.0. The van der Waals surface area contributed by atoms with Crippen LogP contribution in [0.1, 0.15) is 76.3 Å². The van der Waals surface area contributed by atoms with Crippen LogP contribution < -0.4 is 51.4 Å². The molecular formula is C22H31KO3S. The van der Waals surface area contributed by atoms with E-state index in [1.165, 1.54) is 24.8 Å². The van der Waals surface area contributed by atoms with E-state index < -0.39 is 10.1 Å². The van der Waals surface area contributed by atoms with E-state index in [-0.39, 0.29) is 56.3 Å². The fraction of sp³-hybridized carbons (Fsp3) is 0.545. The monoisotopic (exact) mass is 414 g/mol. The number of rotatable bonds is 11. The molecule has 0 atom stereocenters. The second-order valence-corrected chi connectivity index (χ2v) is 8.46. The molecule has 2 aromatic rings. The zero-order valence-corrected chi connectivity index (χ0v) is 21.0. The first kappa shape index (κ1) is 25.3. The Morgan fingerprint density at radius 1 is 0.778 bits per heavy atom. The predicted octanol–water partition coefficient (Wildman–Crippen LogP) is 2.99. The van der Waals surface area contributed by atoms with E-state index in [0.29, 0.717) is 17.4 Å². The molecular weight excluding hydrogens is 383 g/mol. The van der Waals surface area contributed by atoms with Crippen LogP contribution in [0.3, 0.4) is 0 Å². The van der Waals surface area contributed by atoms with Crippen LogP contribution >= 0.6 is 0 Å². The summed E-state index contributed by atoms with van der Waals surface area (Å²) in [7, 11) is -4.50. The average molecular weight is 415 g/mol. The summed E-state index contributed by atoms with van der Waals surface area (Å²) in [6.07, 6.45) is 10.5. The molecule has 0 saturated carbocycles. The van der Waals surface area contributed by atoms with Gasteiger partial charge in [0.05, 0.1) is 4.90 Å². The third-order valence-corrected chi connectivity index (χ3v) is 5.99. The largest absolute Gasteiger partial charge is 1.00 e. The Morgan fingerprint density at radius 2 is 1.30 bits per heavy atom. The summed E-state index contributed by atoms with van der Waals surface area (Å²) in [5.74, 6) is 0. The Bertz CT molecular complexity index is 816. The topological polar surface area (TPSA) is 57.2 Å². The summed E-state index contributed by atoms with van der Waals surface area (Å²) in [4.78, 5) is 0.00177. The van der Waals surface area contributed by atoms with Crippen LogP contribution in [0, 0.1) is 0 Å². The predicted molar refractivity (Wildman–Crippen MR) is 108 cm³/mol. The molecule has 2 aromatic carbocycles. The van der Waals surface area contributed by atoms with Crippen molar-refractivity contribution >= 4 is 20.9 Å². The van der Waals surface area contributed by atoms with Gasteiger partial charge in [0.2, 0.25) is 0 Å². The standard InChI is InChI=1S/C22H32O3S.K/c1-3-5-7-9-13-18-17-19(14-10-8-6-4-2)22(26(23,24)25)21-16-12-11-15-20(18)21;/h11-12,15-17H,3-10,13-14H2,1-2H3,(H,23,24,25);/q;+1/p-1. The van der Waals surface area contributed by atoms with E-state index in [0.717, 1.165) is 43.9 Å². The minimum absolute atomic E-state index is 0. The zero-order valence-electron chi connectivity index (χ0n) is 17.1. The summed E-state index contributed by atoms with van der Waals surface area (Å²) in [6.45, 7) is 4.34. The van der Waals surface area contributed by atoms with Crippen molar-refractivity contribution in [2.75, 3.05) is 0 Å². The molecule has 0 heterocycles. The molecule has 27 heavy (non-hydrogen) atoms. The summed E-state index contributed by atoms with van der Waals surface area (Å²) in [6, 6.07) is 9.45. The molecule has 0 fully saturated rings. The Balaban J connectivity index is 0.00000364. The number of hydrogen-bond donors (Lipinski definition) is 0. The fourth-order valence-electron chi connectivity index (χ4n) is 3.66. The van der Waals surface area contributed by atoms with Crippen LogP contribution in [0.5, 0.6) is 0 Å². The molecule has 0 amide bonds. The van der Waals surface area contributed by atoms with Crippen molar-refractivity contribution in [3.05, 3.63) is 41.5 Å². The number of unbranched alkanes of at least 4 members (excludes halogenated alkanes) is 6. The maximum Gasteiger partial charge on any atom is 1.00 e. The molecule has 0 saturated heterocycles. The van der Waals surface area contributed by atoms with Crippen molar-refractivity contribution in [3.63, 3.8) is 0 Å². The molecule has 0 unspecified atom stereocenters. The van der Waals surface area contributed by atoms with Crippen LogP contribution in [0.15, 0.2) is 35.2 Å². The van der Waals surface area contributed by atoms with E-state index in [9.17, 15) is 13.0 Å². The molecule has 3 nitrogen and oxygen atoms in total. The summed E-state index contributed by atoms with van der Waals surface area (Å²) >= 11 is 0. The molecule has 5 heteroatoms. The third-order valence-electron chi connectivity index (χ3n) is 5.01. The van der Waals surface area contributed by atoms with Crippen molar-refractivity contribution < 1.29 is 64.4 Å². The van der Waals surface area contributed by atoms with Crippen LogP contribution in [0.2, 0.25) is 0 Å². The van der Waals surface area contributed by atoms with Crippen LogP contribution in [-0.2, 0) is 23.0 Å². The van der Waals surface area contributed by atoms with Crippen molar-refractivity contribution in [1.82, 2.24) is 0 Å². The van der Waals surface area contributed by atoms with Crippen LogP contribution in [0.4, 0.5) is 0 Å². The van der Waals surface area contributed by atoms with Gasteiger partial charge in [0.1, 0.15) is 10.1 Å². The third kappa shape index (κ3) is 7.54. The summed E-state index contributed by atoms with van der Waals surface area (Å²) in [5.41, 5.74) is 1.88. The van der Waals surface area contributed by atoms with E-state index in [4.69, 9.17) is 0 Å². The molecule has 0 bridgehead atoms. The van der Waals surface area contributed by atoms with Crippen LogP contribution in [0.25, 0.3) is 10.8 Å². The average Bonchev–Trinajstić information content (AvgIpc) is 2.61. The maximum absolute atomic E-state index is 12.0. The molecule has 0 aliphatic heterocycles. The number of hydrogen-bond acceptors (Lipinski definition) is 3. The molecule has 0 aliphatic carbocycles. The van der Waals surface area contributed by atoms with Gasteiger partial charge in [0.25, 0.3) is 0 Å². The Morgan fingerprint density at radius 3 is 1.81 bits per heavy atom. The van der Waals surface area contributed by atoms with Gasteiger partial charge >= 0.3 is 51.4 Å². The summed E-state index contributed by atoms with van der Waals surface area (Å²) in [5, 5.41) is 1.51. The van der Waals surface area contributed by atoms with E-state index in [1.807, 2.05) is 24.3 Å². The van der Waals surface area contributed by atoms with Crippen molar-refractivity contribution in [2.45, 2.75) is 83.0 Å². The molecule has 0 radical (unpaired) electrons. The molecule has 0 spiro atoms. The number of fused-ring (bicyclic) bond motifs is 1. The number of aryl methyl sites for hydroxylation is 2. The molecule has 0 aromatic heterocycles.